The zero-order chi connectivity index (χ0) is 15.1. The third-order valence-electron chi connectivity index (χ3n) is 2.91. The molecule has 0 saturated carbocycles. The summed E-state index contributed by atoms with van der Waals surface area (Å²) in [6, 6.07) is 5.30. The molecular weight excluding hydrogens is 274 g/mol. The third-order valence-corrected chi connectivity index (χ3v) is 4.07. The summed E-state index contributed by atoms with van der Waals surface area (Å²) in [6.07, 6.45) is 1.18. The molecule has 0 aliphatic rings. The van der Waals surface area contributed by atoms with Crippen LogP contribution >= 0.6 is 11.8 Å². The van der Waals surface area contributed by atoms with Crippen LogP contribution in [0.2, 0.25) is 0 Å². The SMILES string of the molecule is CCC[C@H](NC(=O)CSc1cc(C)ccc1C)C(=O)O. The summed E-state index contributed by atoms with van der Waals surface area (Å²) in [5.41, 5.74) is 2.27. The second kappa shape index (κ2) is 7.94. The molecule has 0 bridgehead atoms. The molecule has 4 nitrogen and oxygen atoms in total. The summed E-state index contributed by atoms with van der Waals surface area (Å²) in [4.78, 5) is 23.8. The molecule has 0 unspecified atom stereocenters. The molecule has 0 fully saturated rings. The lowest BCUT2D eigenvalue weighted by Gasteiger charge is -2.13. The zero-order valence-electron chi connectivity index (χ0n) is 12.1. The van der Waals surface area contributed by atoms with Gasteiger partial charge in [-0.15, -0.1) is 11.8 Å². The van der Waals surface area contributed by atoms with Crippen LogP contribution in [0.3, 0.4) is 0 Å². The van der Waals surface area contributed by atoms with Crippen molar-refractivity contribution in [1.82, 2.24) is 5.32 Å². The number of hydrogen-bond acceptors (Lipinski definition) is 3. The molecule has 0 aliphatic carbocycles. The van der Waals surface area contributed by atoms with Gasteiger partial charge in [-0.3, -0.25) is 4.79 Å². The Balaban J connectivity index is 2.54. The van der Waals surface area contributed by atoms with Crippen molar-refractivity contribution in [1.29, 1.82) is 0 Å². The van der Waals surface area contributed by atoms with E-state index in [1.807, 2.05) is 39.0 Å². The summed E-state index contributed by atoms with van der Waals surface area (Å²) in [5, 5.41) is 11.6. The van der Waals surface area contributed by atoms with Gasteiger partial charge in [-0.2, -0.15) is 0 Å². The fraction of sp³-hybridized carbons (Fsp3) is 0.467. The Morgan fingerprint density at radius 3 is 2.65 bits per heavy atom. The molecule has 20 heavy (non-hydrogen) atoms. The highest BCUT2D eigenvalue weighted by molar-refractivity contribution is 8.00. The fourth-order valence-electron chi connectivity index (χ4n) is 1.79. The second-order valence-corrected chi connectivity index (χ2v) is 5.82. The van der Waals surface area contributed by atoms with Crippen LogP contribution in [-0.2, 0) is 9.59 Å². The fourth-order valence-corrected chi connectivity index (χ4v) is 2.72. The van der Waals surface area contributed by atoms with Crippen LogP contribution in [0.15, 0.2) is 23.1 Å². The van der Waals surface area contributed by atoms with Gasteiger partial charge in [0.25, 0.3) is 0 Å². The number of carboxylic acids is 1. The molecule has 1 rings (SSSR count). The van der Waals surface area contributed by atoms with Gasteiger partial charge in [0.05, 0.1) is 5.75 Å². The Morgan fingerprint density at radius 1 is 1.35 bits per heavy atom. The lowest BCUT2D eigenvalue weighted by Crippen LogP contribution is -2.41. The van der Waals surface area contributed by atoms with Gasteiger partial charge in [-0.05, 0) is 31.9 Å². The normalized spacial score (nSPS) is 11.9. The zero-order valence-corrected chi connectivity index (χ0v) is 12.9. The minimum absolute atomic E-state index is 0.234. The van der Waals surface area contributed by atoms with Crippen LogP contribution in [0.5, 0.6) is 0 Å². The van der Waals surface area contributed by atoms with Crippen molar-refractivity contribution in [3.8, 4) is 0 Å². The lowest BCUT2D eigenvalue weighted by molar-refractivity contribution is -0.141. The van der Waals surface area contributed by atoms with E-state index < -0.39 is 12.0 Å². The van der Waals surface area contributed by atoms with E-state index in [9.17, 15) is 9.59 Å². The summed E-state index contributed by atoms with van der Waals surface area (Å²) in [5.74, 6) is -0.980. The van der Waals surface area contributed by atoms with E-state index in [4.69, 9.17) is 5.11 Å². The second-order valence-electron chi connectivity index (χ2n) is 4.80. The lowest BCUT2D eigenvalue weighted by atomic mass is 10.2. The van der Waals surface area contributed by atoms with Crippen molar-refractivity contribution in [2.45, 2.75) is 44.6 Å². The number of benzene rings is 1. The highest BCUT2D eigenvalue weighted by atomic mass is 32.2. The number of aliphatic carboxylic acids is 1. The molecule has 0 heterocycles. The van der Waals surface area contributed by atoms with Crippen LogP contribution in [0.4, 0.5) is 0 Å². The van der Waals surface area contributed by atoms with Gasteiger partial charge in [-0.1, -0.05) is 31.0 Å². The largest absolute Gasteiger partial charge is 0.480 e. The van der Waals surface area contributed by atoms with Gasteiger partial charge < -0.3 is 10.4 Å². The molecule has 1 amide bonds. The molecule has 110 valence electrons. The molecule has 1 aromatic carbocycles. The van der Waals surface area contributed by atoms with E-state index in [1.165, 1.54) is 11.8 Å². The first-order chi connectivity index (χ1) is 9.43. The number of carbonyl (C=O) groups is 2. The van der Waals surface area contributed by atoms with Gasteiger partial charge in [0, 0.05) is 4.90 Å². The van der Waals surface area contributed by atoms with Crippen molar-refractivity contribution < 1.29 is 14.7 Å². The summed E-state index contributed by atoms with van der Waals surface area (Å²) < 4.78 is 0. The van der Waals surface area contributed by atoms with Crippen molar-refractivity contribution in [3.05, 3.63) is 29.3 Å². The molecule has 0 aliphatic heterocycles. The van der Waals surface area contributed by atoms with Crippen molar-refractivity contribution >= 4 is 23.6 Å². The van der Waals surface area contributed by atoms with E-state index in [2.05, 4.69) is 5.32 Å². The minimum Gasteiger partial charge on any atom is -0.480 e. The Labute approximate surface area is 124 Å². The van der Waals surface area contributed by atoms with Crippen LogP contribution in [0, 0.1) is 13.8 Å². The number of thioether (sulfide) groups is 1. The third kappa shape index (κ3) is 5.25. The molecule has 1 atom stereocenters. The van der Waals surface area contributed by atoms with Gasteiger partial charge >= 0.3 is 5.97 Å². The van der Waals surface area contributed by atoms with E-state index in [0.29, 0.717) is 6.42 Å². The van der Waals surface area contributed by atoms with Crippen LogP contribution in [-0.4, -0.2) is 28.8 Å². The first-order valence-corrected chi connectivity index (χ1v) is 7.64. The van der Waals surface area contributed by atoms with Crippen molar-refractivity contribution in [3.63, 3.8) is 0 Å². The molecule has 2 N–H and O–H groups in total. The topological polar surface area (TPSA) is 66.4 Å². The van der Waals surface area contributed by atoms with Crippen LogP contribution in [0.1, 0.15) is 30.9 Å². The number of aryl methyl sites for hydroxylation is 2. The number of hydrogen-bond donors (Lipinski definition) is 2. The van der Waals surface area contributed by atoms with Crippen molar-refractivity contribution in [2.75, 3.05) is 5.75 Å². The first-order valence-electron chi connectivity index (χ1n) is 6.66. The standard InChI is InChI=1S/C15H21NO3S/c1-4-5-12(15(18)19)16-14(17)9-20-13-8-10(2)6-7-11(13)3/h6-8,12H,4-5,9H2,1-3H3,(H,16,17)(H,18,19)/t12-/m0/s1. The maximum atomic E-state index is 11.8. The van der Waals surface area contributed by atoms with Gasteiger partial charge in [0.15, 0.2) is 0 Å². The molecule has 0 saturated heterocycles. The van der Waals surface area contributed by atoms with E-state index in [0.717, 1.165) is 22.4 Å². The highest BCUT2D eigenvalue weighted by Gasteiger charge is 2.18. The Morgan fingerprint density at radius 2 is 2.05 bits per heavy atom. The highest BCUT2D eigenvalue weighted by Crippen LogP contribution is 2.23. The van der Waals surface area contributed by atoms with E-state index in [-0.39, 0.29) is 11.7 Å². The predicted octanol–water partition coefficient (Wildman–Crippen LogP) is 2.77. The number of amides is 1. The number of nitrogens with one attached hydrogen (secondary N) is 1. The monoisotopic (exact) mass is 295 g/mol. The molecule has 0 spiro atoms. The predicted molar refractivity (Wildman–Crippen MR) is 81.1 cm³/mol. The van der Waals surface area contributed by atoms with Gasteiger partial charge in [0.1, 0.15) is 6.04 Å². The quantitative estimate of drug-likeness (QED) is 0.759. The Kier molecular flexibility index (Phi) is 6.58. The smallest absolute Gasteiger partial charge is 0.326 e. The molecule has 5 heteroatoms. The van der Waals surface area contributed by atoms with E-state index in [1.54, 1.807) is 0 Å². The van der Waals surface area contributed by atoms with Crippen LogP contribution in [0.25, 0.3) is 0 Å². The average molecular weight is 295 g/mol. The molecule has 1 aromatic rings. The maximum absolute atomic E-state index is 11.8. The molecule has 0 aromatic heterocycles. The number of rotatable bonds is 7. The van der Waals surface area contributed by atoms with Crippen LogP contribution < -0.4 is 5.32 Å². The summed E-state index contributed by atoms with van der Waals surface area (Å²) >= 11 is 1.44. The molecule has 0 radical (unpaired) electrons. The van der Waals surface area contributed by atoms with Gasteiger partial charge in [0.2, 0.25) is 5.91 Å². The van der Waals surface area contributed by atoms with Crippen molar-refractivity contribution in [2.24, 2.45) is 0 Å². The number of carbonyl (C=O) groups excluding carboxylic acids is 1. The molecular formula is C15H21NO3S. The number of carboxylic acid groups (broad SMARTS) is 1. The van der Waals surface area contributed by atoms with E-state index >= 15 is 0 Å². The van der Waals surface area contributed by atoms with Gasteiger partial charge in [-0.25, -0.2) is 4.79 Å². The Hall–Kier alpha value is -1.49. The Bertz CT molecular complexity index is 488. The average Bonchev–Trinajstić information content (AvgIpc) is 2.39. The first kappa shape index (κ1) is 16.6. The maximum Gasteiger partial charge on any atom is 0.326 e. The minimum atomic E-state index is -0.975. The summed E-state index contributed by atoms with van der Waals surface area (Å²) in [6.45, 7) is 5.90. The summed E-state index contributed by atoms with van der Waals surface area (Å²) in [7, 11) is 0.